The van der Waals surface area contributed by atoms with Crippen molar-refractivity contribution in [2.75, 3.05) is 0 Å². The topological polar surface area (TPSA) is 125 Å². The first kappa shape index (κ1) is 15.6. The summed E-state index contributed by atoms with van der Waals surface area (Å²) in [7, 11) is 0. The molecule has 1 atom stereocenters. The predicted molar refractivity (Wildman–Crippen MR) is 80.0 cm³/mol. The molecule has 0 aliphatic heterocycles. The lowest BCUT2D eigenvalue weighted by atomic mass is 10.1. The van der Waals surface area contributed by atoms with Gasteiger partial charge in [-0.05, 0) is 23.9 Å². The predicted octanol–water partition coefficient (Wildman–Crippen LogP) is 0.545. The van der Waals surface area contributed by atoms with Gasteiger partial charge < -0.3 is 21.1 Å². The second-order valence-electron chi connectivity index (χ2n) is 5.02. The number of hydrogen-bond acceptors (Lipinski definition) is 3. The van der Waals surface area contributed by atoms with Crippen LogP contribution in [0.3, 0.4) is 0 Å². The van der Waals surface area contributed by atoms with E-state index in [1.807, 2.05) is 30.3 Å². The van der Waals surface area contributed by atoms with Gasteiger partial charge in [0, 0.05) is 17.6 Å². The number of nitrogens with one attached hydrogen (secondary N) is 2. The molecule has 2 aromatic rings. The maximum Gasteiger partial charge on any atom is 0.326 e. The molecule has 0 unspecified atom stereocenters. The smallest absolute Gasteiger partial charge is 0.326 e. The summed E-state index contributed by atoms with van der Waals surface area (Å²) < 4.78 is 0. The zero-order valence-electron chi connectivity index (χ0n) is 11.8. The van der Waals surface area contributed by atoms with Gasteiger partial charge in [-0.25, -0.2) is 4.79 Å². The van der Waals surface area contributed by atoms with Crippen molar-refractivity contribution in [2.24, 2.45) is 5.73 Å². The van der Waals surface area contributed by atoms with Crippen molar-refractivity contribution in [3.63, 3.8) is 0 Å². The first-order valence-electron chi connectivity index (χ1n) is 6.83. The number of para-hydroxylation sites is 1. The number of aromatic nitrogens is 1. The number of carbonyl (C=O) groups is 3. The van der Waals surface area contributed by atoms with Gasteiger partial charge in [-0.2, -0.15) is 0 Å². The number of carboxylic acid groups (broad SMARTS) is 1. The van der Waals surface area contributed by atoms with Crippen molar-refractivity contribution in [2.45, 2.75) is 25.3 Å². The van der Waals surface area contributed by atoms with Crippen LogP contribution in [0.15, 0.2) is 30.3 Å². The van der Waals surface area contributed by atoms with Crippen molar-refractivity contribution < 1.29 is 19.5 Å². The number of H-pyrrole nitrogens is 1. The van der Waals surface area contributed by atoms with Crippen molar-refractivity contribution in [1.29, 1.82) is 0 Å². The molecule has 0 aliphatic rings. The Bertz CT molecular complexity index is 675. The molecule has 116 valence electrons. The van der Waals surface area contributed by atoms with E-state index in [0.29, 0.717) is 5.69 Å². The second-order valence-corrected chi connectivity index (χ2v) is 5.02. The Hall–Kier alpha value is -2.83. The molecule has 0 spiro atoms. The molecule has 2 amide bonds. The molecule has 0 bridgehead atoms. The monoisotopic (exact) mass is 303 g/mol. The van der Waals surface area contributed by atoms with Gasteiger partial charge in [0.05, 0.1) is 6.42 Å². The molecule has 5 N–H and O–H groups in total. The summed E-state index contributed by atoms with van der Waals surface area (Å²) in [4.78, 5) is 36.8. The number of carboxylic acids is 1. The number of rotatable bonds is 7. The SMILES string of the molecule is NC(=O)CC[C@H](NC(=O)Cc1cc2ccccc2[nH]1)C(=O)O. The van der Waals surface area contributed by atoms with E-state index in [9.17, 15) is 14.4 Å². The summed E-state index contributed by atoms with van der Waals surface area (Å²) in [5, 5.41) is 12.4. The summed E-state index contributed by atoms with van der Waals surface area (Å²) in [5.41, 5.74) is 6.59. The first-order valence-corrected chi connectivity index (χ1v) is 6.83. The third-order valence-corrected chi connectivity index (χ3v) is 3.25. The molecule has 0 saturated carbocycles. The molecule has 22 heavy (non-hydrogen) atoms. The Labute approximate surface area is 126 Å². The van der Waals surface area contributed by atoms with E-state index in [2.05, 4.69) is 10.3 Å². The van der Waals surface area contributed by atoms with E-state index >= 15 is 0 Å². The fourth-order valence-corrected chi connectivity index (χ4v) is 2.19. The van der Waals surface area contributed by atoms with Crippen molar-refractivity contribution >= 4 is 28.7 Å². The van der Waals surface area contributed by atoms with Gasteiger partial charge in [0.1, 0.15) is 6.04 Å². The number of fused-ring (bicyclic) bond motifs is 1. The summed E-state index contributed by atoms with van der Waals surface area (Å²) in [5.74, 6) is -2.22. The highest BCUT2D eigenvalue weighted by molar-refractivity contribution is 5.87. The summed E-state index contributed by atoms with van der Waals surface area (Å²) >= 11 is 0. The Balaban J connectivity index is 1.98. The molecule has 0 radical (unpaired) electrons. The second kappa shape index (κ2) is 6.75. The largest absolute Gasteiger partial charge is 0.480 e. The fourth-order valence-electron chi connectivity index (χ4n) is 2.19. The lowest BCUT2D eigenvalue weighted by Crippen LogP contribution is -2.42. The van der Waals surface area contributed by atoms with Crippen LogP contribution in [-0.4, -0.2) is 33.9 Å². The highest BCUT2D eigenvalue weighted by Crippen LogP contribution is 2.15. The average molecular weight is 303 g/mol. The van der Waals surface area contributed by atoms with Gasteiger partial charge in [-0.15, -0.1) is 0 Å². The molecular formula is C15H17N3O4. The number of amides is 2. The average Bonchev–Trinajstić information content (AvgIpc) is 2.84. The zero-order valence-corrected chi connectivity index (χ0v) is 11.8. The number of hydrogen-bond donors (Lipinski definition) is 4. The highest BCUT2D eigenvalue weighted by atomic mass is 16.4. The molecule has 2 rings (SSSR count). The number of carbonyl (C=O) groups excluding carboxylic acids is 2. The van der Waals surface area contributed by atoms with Crippen LogP contribution in [-0.2, 0) is 20.8 Å². The molecule has 7 heteroatoms. The minimum absolute atomic E-state index is 0.0247. The van der Waals surface area contributed by atoms with Gasteiger partial charge in [0.15, 0.2) is 0 Å². The Morgan fingerprint density at radius 2 is 2.00 bits per heavy atom. The number of nitrogens with two attached hydrogens (primary N) is 1. The van der Waals surface area contributed by atoms with Crippen LogP contribution in [0.25, 0.3) is 10.9 Å². The molecule has 7 nitrogen and oxygen atoms in total. The Morgan fingerprint density at radius 3 is 2.64 bits per heavy atom. The molecule has 0 saturated heterocycles. The number of aromatic amines is 1. The van der Waals surface area contributed by atoms with Crippen LogP contribution in [0.2, 0.25) is 0 Å². The maximum absolute atomic E-state index is 11.9. The number of primary amides is 1. The van der Waals surface area contributed by atoms with Crippen LogP contribution in [0.4, 0.5) is 0 Å². The van der Waals surface area contributed by atoms with Crippen LogP contribution >= 0.6 is 0 Å². The lowest BCUT2D eigenvalue weighted by molar-refractivity contribution is -0.142. The molecule has 0 aliphatic carbocycles. The number of benzene rings is 1. The van der Waals surface area contributed by atoms with Crippen molar-refractivity contribution in [1.82, 2.24) is 10.3 Å². The van der Waals surface area contributed by atoms with Crippen LogP contribution in [0.5, 0.6) is 0 Å². The quantitative estimate of drug-likeness (QED) is 0.595. The standard InChI is InChI=1S/C15H17N3O4/c16-13(19)6-5-12(15(21)22)18-14(20)8-10-7-9-3-1-2-4-11(9)17-10/h1-4,7,12,17H,5-6,8H2,(H2,16,19)(H,18,20)(H,21,22)/t12-/m0/s1. The van der Waals surface area contributed by atoms with Gasteiger partial charge in [0.25, 0.3) is 0 Å². The van der Waals surface area contributed by atoms with E-state index in [1.165, 1.54) is 0 Å². The maximum atomic E-state index is 11.9. The van der Waals surface area contributed by atoms with Crippen molar-refractivity contribution in [3.8, 4) is 0 Å². The summed E-state index contributed by atoms with van der Waals surface area (Å²) in [6, 6.07) is 8.30. The zero-order chi connectivity index (χ0) is 16.1. The normalized spacial score (nSPS) is 12.0. The molecule has 1 heterocycles. The van der Waals surface area contributed by atoms with E-state index < -0.39 is 23.8 Å². The van der Waals surface area contributed by atoms with Gasteiger partial charge in [-0.1, -0.05) is 18.2 Å². The summed E-state index contributed by atoms with van der Waals surface area (Å²) in [6.07, 6.45) is -0.0816. The fraction of sp³-hybridized carbons (Fsp3) is 0.267. The van der Waals surface area contributed by atoms with E-state index in [4.69, 9.17) is 10.8 Å². The van der Waals surface area contributed by atoms with Crippen LogP contribution in [0.1, 0.15) is 18.5 Å². The van der Waals surface area contributed by atoms with Crippen LogP contribution in [0, 0.1) is 0 Å². The third-order valence-electron chi connectivity index (χ3n) is 3.25. The van der Waals surface area contributed by atoms with Gasteiger partial charge in [0.2, 0.25) is 11.8 Å². The minimum atomic E-state index is -1.19. The lowest BCUT2D eigenvalue weighted by Gasteiger charge is -2.13. The minimum Gasteiger partial charge on any atom is -0.480 e. The highest BCUT2D eigenvalue weighted by Gasteiger charge is 2.20. The van der Waals surface area contributed by atoms with E-state index in [-0.39, 0.29) is 19.3 Å². The van der Waals surface area contributed by atoms with Gasteiger partial charge >= 0.3 is 5.97 Å². The number of aliphatic carboxylic acids is 1. The Morgan fingerprint density at radius 1 is 1.27 bits per heavy atom. The van der Waals surface area contributed by atoms with E-state index in [1.54, 1.807) is 0 Å². The van der Waals surface area contributed by atoms with Crippen LogP contribution < -0.4 is 11.1 Å². The Kier molecular flexibility index (Phi) is 4.77. The molecule has 1 aromatic heterocycles. The van der Waals surface area contributed by atoms with Crippen molar-refractivity contribution in [3.05, 3.63) is 36.0 Å². The first-order chi connectivity index (χ1) is 10.5. The van der Waals surface area contributed by atoms with Gasteiger partial charge in [-0.3, -0.25) is 9.59 Å². The summed E-state index contributed by atoms with van der Waals surface area (Å²) in [6.45, 7) is 0. The van der Waals surface area contributed by atoms with E-state index in [0.717, 1.165) is 10.9 Å². The molecule has 1 aromatic carbocycles. The third kappa shape index (κ3) is 4.08. The molecule has 0 fully saturated rings. The molecular weight excluding hydrogens is 286 g/mol.